The Hall–Kier alpha value is -2.37. The van der Waals surface area contributed by atoms with Gasteiger partial charge in [0, 0.05) is 19.6 Å². The van der Waals surface area contributed by atoms with Crippen LogP contribution in [0.5, 0.6) is 11.5 Å². The first-order valence-electron chi connectivity index (χ1n) is 9.30. The second kappa shape index (κ2) is 8.11. The number of aliphatic carboxylic acids is 1. The molecule has 5 nitrogen and oxygen atoms in total. The zero-order chi connectivity index (χ0) is 19.4. The number of hydrogen-bond donors (Lipinski definition) is 1. The van der Waals surface area contributed by atoms with Crippen LogP contribution in [0.25, 0.3) is 0 Å². The van der Waals surface area contributed by atoms with Gasteiger partial charge in [0.25, 0.3) is 0 Å². The van der Waals surface area contributed by atoms with Crippen molar-refractivity contribution < 1.29 is 19.4 Å². The molecule has 27 heavy (non-hydrogen) atoms. The number of hydrogen-bond acceptors (Lipinski definition) is 4. The van der Waals surface area contributed by atoms with Gasteiger partial charge in [-0.05, 0) is 55.7 Å². The monoisotopic (exact) mass is 369 g/mol. The summed E-state index contributed by atoms with van der Waals surface area (Å²) in [4.78, 5) is 13.0. The number of aryl methyl sites for hydroxylation is 1. The highest BCUT2D eigenvalue weighted by molar-refractivity contribution is 5.66. The smallest absolute Gasteiger partial charge is 0.304 e. The van der Waals surface area contributed by atoms with E-state index in [-0.39, 0.29) is 6.42 Å². The molecule has 0 radical (unpaired) electrons. The van der Waals surface area contributed by atoms with Gasteiger partial charge in [0.1, 0.15) is 17.1 Å². The van der Waals surface area contributed by atoms with Crippen molar-refractivity contribution >= 4 is 5.97 Å². The first kappa shape index (κ1) is 19.4. The minimum Gasteiger partial charge on any atom is -0.481 e. The highest BCUT2D eigenvalue weighted by atomic mass is 16.5. The lowest BCUT2D eigenvalue weighted by Gasteiger charge is -2.40. The molecule has 1 fully saturated rings. The average Bonchev–Trinajstić information content (AvgIpc) is 2.64. The molecule has 3 rings (SSSR count). The standard InChI is InChI=1S/C22H27NO4/c1-16-5-4-6-20(17(16)2)27-19-9-7-18(8-10-19)22(3)15-23(13-14-26-22)12-11-21(24)25/h4-10H,11-15H2,1-3H3,(H,24,25). The molecular weight excluding hydrogens is 342 g/mol. The quantitative estimate of drug-likeness (QED) is 0.830. The maximum Gasteiger partial charge on any atom is 0.304 e. The van der Waals surface area contributed by atoms with Crippen molar-refractivity contribution in [1.29, 1.82) is 0 Å². The van der Waals surface area contributed by atoms with Crippen molar-refractivity contribution in [2.45, 2.75) is 32.8 Å². The van der Waals surface area contributed by atoms with Crippen LogP contribution in [-0.4, -0.2) is 42.2 Å². The SMILES string of the molecule is Cc1cccc(Oc2ccc(C3(C)CN(CCC(=O)O)CCO3)cc2)c1C. The summed E-state index contributed by atoms with van der Waals surface area (Å²) in [5, 5.41) is 8.91. The van der Waals surface area contributed by atoms with Crippen LogP contribution in [0.15, 0.2) is 42.5 Å². The lowest BCUT2D eigenvalue weighted by Crippen LogP contribution is -2.48. The Balaban J connectivity index is 1.70. The van der Waals surface area contributed by atoms with Crippen molar-refractivity contribution in [3.8, 4) is 11.5 Å². The molecule has 0 amide bonds. The first-order valence-corrected chi connectivity index (χ1v) is 9.30. The Morgan fingerprint density at radius 2 is 1.96 bits per heavy atom. The molecule has 144 valence electrons. The normalized spacial score (nSPS) is 20.4. The van der Waals surface area contributed by atoms with Gasteiger partial charge in [-0.25, -0.2) is 0 Å². The minimum absolute atomic E-state index is 0.151. The highest BCUT2D eigenvalue weighted by Crippen LogP contribution is 2.32. The molecule has 1 aliphatic heterocycles. The van der Waals surface area contributed by atoms with Crippen molar-refractivity contribution in [3.05, 3.63) is 59.2 Å². The van der Waals surface area contributed by atoms with Crippen LogP contribution in [0.4, 0.5) is 0 Å². The summed E-state index contributed by atoms with van der Waals surface area (Å²) in [6, 6.07) is 14.0. The largest absolute Gasteiger partial charge is 0.481 e. The fourth-order valence-corrected chi connectivity index (χ4v) is 3.41. The number of carboxylic acid groups (broad SMARTS) is 1. The van der Waals surface area contributed by atoms with Crippen molar-refractivity contribution in [2.24, 2.45) is 0 Å². The van der Waals surface area contributed by atoms with E-state index in [0.29, 0.717) is 19.7 Å². The maximum absolute atomic E-state index is 10.8. The minimum atomic E-state index is -0.767. The maximum atomic E-state index is 10.8. The van der Waals surface area contributed by atoms with Gasteiger partial charge >= 0.3 is 5.97 Å². The summed E-state index contributed by atoms with van der Waals surface area (Å²) >= 11 is 0. The average molecular weight is 369 g/mol. The van der Waals surface area contributed by atoms with Gasteiger partial charge < -0.3 is 14.6 Å². The lowest BCUT2D eigenvalue weighted by molar-refractivity contribution is -0.139. The van der Waals surface area contributed by atoms with Crippen molar-refractivity contribution in [2.75, 3.05) is 26.2 Å². The third kappa shape index (κ3) is 4.67. The van der Waals surface area contributed by atoms with Gasteiger partial charge in [-0.3, -0.25) is 9.69 Å². The summed E-state index contributed by atoms with van der Waals surface area (Å²) in [6.07, 6.45) is 0.151. The molecule has 1 unspecified atom stereocenters. The van der Waals surface area contributed by atoms with E-state index >= 15 is 0 Å². The third-order valence-electron chi connectivity index (χ3n) is 5.24. The number of nitrogens with zero attached hydrogens (tertiary/aromatic N) is 1. The number of carboxylic acids is 1. The molecule has 5 heteroatoms. The zero-order valence-electron chi connectivity index (χ0n) is 16.2. The Morgan fingerprint density at radius 3 is 2.67 bits per heavy atom. The zero-order valence-corrected chi connectivity index (χ0v) is 16.2. The van der Waals surface area contributed by atoms with Crippen LogP contribution < -0.4 is 4.74 Å². The molecule has 2 aromatic rings. The van der Waals surface area contributed by atoms with Crippen LogP contribution in [0.2, 0.25) is 0 Å². The topological polar surface area (TPSA) is 59.0 Å². The van der Waals surface area contributed by atoms with Crippen molar-refractivity contribution in [3.63, 3.8) is 0 Å². The number of benzene rings is 2. The molecule has 1 aliphatic rings. The number of morpholine rings is 1. The number of ether oxygens (including phenoxy) is 2. The van der Waals surface area contributed by atoms with Crippen LogP contribution in [0.1, 0.15) is 30.0 Å². The summed E-state index contributed by atoms with van der Waals surface area (Å²) in [5.41, 5.74) is 2.96. The van der Waals surface area contributed by atoms with Gasteiger partial charge in [0.15, 0.2) is 0 Å². The van der Waals surface area contributed by atoms with E-state index in [1.54, 1.807) is 0 Å². The Morgan fingerprint density at radius 1 is 1.22 bits per heavy atom. The Labute approximate surface area is 160 Å². The predicted molar refractivity (Wildman–Crippen MR) is 104 cm³/mol. The van der Waals surface area contributed by atoms with Crippen molar-refractivity contribution in [1.82, 2.24) is 4.90 Å². The van der Waals surface area contributed by atoms with Crippen LogP contribution in [-0.2, 0) is 15.1 Å². The van der Waals surface area contributed by atoms with Gasteiger partial charge in [0.05, 0.1) is 13.0 Å². The molecular formula is C22H27NO4. The summed E-state index contributed by atoms with van der Waals surface area (Å²) in [6.45, 7) is 8.76. The van der Waals surface area contributed by atoms with E-state index in [0.717, 1.165) is 29.2 Å². The van der Waals surface area contributed by atoms with Gasteiger partial charge in [-0.15, -0.1) is 0 Å². The Kier molecular flexibility index (Phi) is 5.82. The highest BCUT2D eigenvalue weighted by Gasteiger charge is 2.33. The van der Waals surface area contributed by atoms with Gasteiger partial charge in [-0.1, -0.05) is 24.3 Å². The van der Waals surface area contributed by atoms with Gasteiger partial charge in [0.2, 0.25) is 0 Å². The van der Waals surface area contributed by atoms with E-state index in [2.05, 4.69) is 31.7 Å². The molecule has 1 N–H and O–H groups in total. The second-order valence-corrected chi connectivity index (χ2v) is 7.32. The fraction of sp³-hybridized carbons (Fsp3) is 0.409. The second-order valence-electron chi connectivity index (χ2n) is 7.32. The predicted octanol–water partition coefficient (Wildman–Crippen LogP) is 4.12. The van der Waals surface area contributed by atoms with E-state index in [4.69, 9.17) is 14.6 Å². The summed E-state index contributed by atoms with van der Waals surface area (Å²) in [7, 11) is 0. The number of carbonyl (C=O) groups is 1. The van der Waals surface area contributed by atoms with Crippen LogP contribution in [0.3, 0.4) is 0 Å². The van der Waals surface area contributed by atoms with E-state index in [1.807, 2.05) is 36.4 Å². The number of rotatable bonds is 6. The molecule has 0 spiro atoms. The molecule has 1 heterocycles. The van der Waals surface area contributed by atoms with Crippen LogP contribution >= 0.6 is 0 Å². The third-order valence-corrected chi connectivity index (χ3v) is 5.24. The molecule has 0 bridgehead atoms. The summed E-state index contributed by atoms with van der Waals surface area (Å²) < 4.78 is 12.1. The van der Waals surface area contributed by atoms with E-state index in [1.165, 1.54) is 5.56 Å². The molecule has 1 saturated heterocycles. The van der Waals surface area contributed by atoms with Gasteiger partial charge in [-0.2, -0.15) is 0 Å². The van der Waals surface area contributed by atoms with Crippen LogP contribution in [0, 0.1) is 13.8 Å². The molecule has 1 atom stereocenters. The molecule has 0 aliphatic carbocycles. The van der Waals surface area contributed by atoms with E-state index in [9.17, 15) is 4.79 Å². The lowest BCUT2D eigenvalue weighted by atomic mass is 9.93. The molecule has 0 saturated carbocycles. The first-order chi connectivity index (χ1) is 12.9. The van der Waals surface area contributed by atoms with E-state index < -0.39 is 11.6 Å². The fourth-order valence-electron chi connectivity index (χ4n) is 3.41. The summed E-state index contributed by atoms with van der Waals surface area (Å²) in [5.74, 6) is 0.883. The molecule has 2 aromatic carbocycles. The molecule has 0 aromatic heterocycles. The Bertz CT molecular complexity index is 802.